The number of carbonyl (C=O) groups excluding carboxylic acids is 1. The highest BCUT2D eigenvalue weighted by atomic mass is 32.1. The summed E-state index contributed by atoms with van der Waals surface area (Å²) in [6.07, 6.45) is 2.10. The first-order valence-electron chi connectivity index (χ1n) is 8.77. The van der Waals surface area contributed by atoms with Crippen LogP contribution in [0.2, 0.25) is 0 Å². The standard InChI is InChI=1S/C18H22N6OS/c1-12-4-5-24-15(13(2)19-16(24)10-12)11-22-6-8-23(9-7-22)18(25)17-14(3)20-21-26-17/h4-5,10H,6-9,11H2,1-3H3. The molecular formula is C18H22N6OS. The molecule has 1 saturated heterocycles. The monoisotopic (exact) mass is 370 g/mol. The second-order valence-corrected chi connectivity index (χ2v) is 7.59. The van der Waals surface area contributed by atoms with Crippen LogP contribution in [0.1, 0.15) is 32.3 Å². The molecule has 1 aliphatic heterocycles. The molecule has 4 heterocycles. The minimum absolute atomic E-state index is 0.0543. The molecule has 1 fully saturated rings. The maximum absolute atomic E-state index is 12.6. The largest absolute Gasteiger partial charge is 0.335 e. The Morgan fingerprint density at radius 3 is 2.62 bits per heavy atom. The maximum atomic E-state index is 12.6. The Balaban J connectivity index is 1.44. The number of carbonyl (C=O) groups is 1. The van der Waals surface area contributed by atoms with Gasteiger partial charge in [-0.1, -0.05) is 4.49 Å². The highest BCUT2D eigenvalue weighted by Crippen LogP contribution is 2.18. The fourth-order valence-corrected chi connectivity index (χ4v) is 4.02. The molecule has 0 bridgehead atoms. The molecule has 3 aromatic rings. The van der Waals surface area contributed by atoms with Gasteiger partial charge in [0.15, 0.2) is 0 Å². The summed E-state index contributed by atoms with van der Waals surface area (Å²) in [6, 6.07) is 4.22. The van der Waals surface area contributed by atoms with Crippen LogP contribution in [0.4, 0.5) is 0 Å². The number of piperazine rings is 1. The van der Waals surface area contributed by atoms with Gasteiger partial charge in [-0.05, 0) is 50.0 Å². The van der Waals surface area contributed by atoms with Gasteiger partial charge in [-0.3, -0.25) is 9.69 Å². The van der Waals surface area contributed by atoms with Crippen LogP contribution >= 0.6 is 11.5 Å². The van der Waals surface area contributed by atoms with Crippen LogP contribution in [-0.2, 0) is 6.54 Å². The molecule has 0 spiro atoms. The fraction of sp³-hybridized carbons (Fsp3) is 0.444. The number of imidazole rings is 1. The zero-order chi connectivity index (χ0) is 18.3. The molecule has 1 aliphatic rings. The highest BCUT2D eigenvalue weighted by molar-refractivity contribution is 7.07. The molecule has 8 heteroatoms. The lowest BCUT2D eigenvalue weighted by atomic mass is 10.2. The molecular weight excluding hydrogens is 348 g/mol. The van der Waals surface area contributed by atoms with E-state index in [0.717, 1.165) is 49.8 Å². The van der Waals surface area contributed by atoms with E-state index in [1.165, 1.54) is 22.8 Å². The molecule has 1 amide bonds. The third kappa shape index (κ3) is 3.10. The average molecular weight is 370 g/mol. The Kier molecular flexibility index (Phi) is 4.46. The highest BCUT2D eigenvalue weighted by Gasteiger charge is 2.25. The summed E-state index contributed by atoms with van der Waals surface area (Å²) >= 11 is 1.18. The molecule has 3 aromatic heterocycles. The number of hydrogen-bond donors (Lipinski definition) is 0. The Morgan fingerprint density at radius 1 is 1.15 bits per heavy atom. The lowest BCUT2D eigenvalue weighted by Gasteiger charge is -2.34. The Labute approximate surface area is 156 Å². The van der Waals surface area contributed by atoms with Gasteiger partial charge in [0.25, 0.3) is 5.91 Å². The SMILES string of the molecule is Cc1ccn2c(CN3CCN(C(=O)c4snnc4C)CC3)c(C)nc2c1. The van der Waals surface area contributed by atoms with Gasteiger partial charge in [-0.15, -0.1) is 5.10 Å². The molecule has 26 heavy (non-hydrogen) atoms. The van der Waals surface area contributed by atoms with Crippen molar-refractivity contribution in [2.45, 2.75) is 27.3 Å². The number of pyridine rings is 1. The van der Waals surface area contributed by atoms with E-state index in [-0.39, 0.29) is 5.91 Å². The molecule has 0 N–H and O–H groups in total. The van der Waals surface area contributed by atoms with Gasteiger partial charge in [-0.2, -0.15) is 0 Å². The third-order valence-corrected chi connectivity index (χ3v) is 5.78. The molecule has 0 radical (unpaired) electrons. The number of hydrogen-bond acceptors (Lipinski definition) is 6. The number of fused-ring (bicyclic) bond motifs is 1. The van der Waals surface area contributed by atoms with Gasteiger partial charge < -0.3 is 9.30 Å². The Bertz CT molecular complexity index is 954. The molecule has 0 atom stereocenters. The van der Waals surface area contributed by atoms with E-state index in [0.29, 0.717) is 4.88 Å². The maximum Gasteiger partial charge on any atom is 0.267 e. The normalized spacial score (nSPS) is 15.7. The summed E-state index contributed by atoms with van der Waals surface area (Å²) in [5, 5.41) is 3.94. The summed E-state index contributed by atoms with van der Waals surface area (Å²) in [7, 11) is 0. The van der Waals surface area contributed by atoms with Gasteiger partial charge >= 0.3 is 0 Å². The predicted molar refractivity (Wildman–Crippen MR) is 100 cm³/mol. The van der Waals surface area contributed by atoms with Crippen molar-refractivity contribution >= 4 is 23.1 Å². The second kappa shape index (κ2) is 6.77. The number of rotatable bonds is 3. The molecule has 7 nitrogen and oxygen atoms in total. The minimum atomic E-state index is 0.0543. The van der Waals surface area contributed by atoms with Crippen LogP contribution in [0, 0.1) is 20.8 Å². The van der Waals surface area contributed by atoms with Crippen molar-refractivity contribution in [2.75, 3.05) is 26.2 Å². The van der Waals surface area contributed by atoms with Gasteiger partial charge in [0.1, 0.15) is 10.5 Å². The lowest BCUT2D eigenvalue weighted by Crippen LogP contribution is -2.48. The number of amides is 1. The zero-order valence-corrected chi connectivity index (χ0v) is 16.1. The quantitative estimate of drug-likeness (QED) is 0.706. The predicted octanol–water partition coefficient (Wildman–Crippen LogP) is 2.07. The van der Waals surface area contributed by atoms with Crippen LogP contribution in [0.15, 0.2) is 18.3 Å². The van der Waals surface area contributed by atoms with Crippen molar-refractivity contribution in [1.82, 2.24) is 28.8 Å². The van der Waals surface area contributed by atoms with Crippen LogP contribution in [0.3, 0.4) is 0 Å². The topological polar surface area (TPSA) is 66.6 Å². The summed E-state index contributed by atoms with van der Waals surface area (Å²) in [5.41, 5.74) is 5.23. The van der Waals surface area contributed by atoms with Gasteiger partial charge in [0, 0.05) is 38.9 Å². The van der Waals surface area contributed by atoms with Crippen LogP contribution in [-0.4, -0.2) is 60.9 Å². The van der Waals surface area contributed by atoms with Crippen molar-refractivity contribution in [3.63, 3.8) is 0 Å². The van der Waals surface area contributed by atoms with Crippen molar-refractivity contribution in [3.8, 4) is 0 Å². The van der Waals surface area contributed by atoms with Crippen molar-refractivity contribution in [1.29, 1.82) is 0 Å². The van der Waals surface area contributed by atoms with E-state index >= 15 is 0 Å². The average Bonchev–Trinajstić information content (AvgIpc) is 3.18. The van der Waals surface area contributed by atoms with Crippen LogP contribution < -0.4 is 0 Å². The van der Waals surface area contributed by atoms with Gasteiger partial charge in [-0.25, -0.2) is 4.98 Å². The summed E-state index contributed by atoms with van der Waals surface area (Å²) in [6.45, 7) is 10.00. The first kappa shape index (κ1) is 17.1. The number of aromatic nitrogens is 4. The van der Waals surface area contributed by atoms with E-state index in [4.69, 9.17) is 0 Å². The van der Waals surface area contributed by atoms with E-state index < -0.39 is 0 Å². The van der Waals surface area contributed by atoms with Gasteiger partial charge in [0.05, 0.1) is 17.1 Å². The Morgan fingerprint density at radius 2 is 1.92 bits per heavy atom. The number of nitrogens with zero attached hydrogens (tertiary/aromatic N) is 6. The van der Waals surface area contributed by atoms with E-state index in [9.17, 15) is 4.79 Å². The molecule has 0 aliphatic carbocycles. The van der Waals surface area contributed by atoms with Crippen molar-refractivity contribution < 1.29 is 4.79 Å². The molecule has 4 rings (SSSR count). The molecule has 136 valence electrons. The summed E-state index contributed by atoms with van der Waals surface area (Å²) < 4.78 is 6.04. The Hall–Kier alpha value is -2.32. The fourth-order valence-electron chi connectivity index (χ4n) is 3.40. The van der Waals surface area contributed by atoms with E-state index in [1.54, 1.807) is 0 Å². The molecule has 0 aromatic carbocycles. The zero-order valence-electron chi connectivity index (χ0n) is 15.3. The number of aryl methyl sites for hydroxylation is 3. The molecule has 0 saturated carbocycles. The summed E-state index contributed by atoms with van der Waals surface area (Å²) in [5.74, 6) is 0.0543. The van der Waals surface area contributed by atoms with E-state index in [2.05, 4.69) is 56.0 Å². The third-order valence-electron chi connectivity index (χ3n) is 4.96. The van der Waals surface area contributed by atoms with Crippen molar-refractivity contribution in [3.05, 3.63) is 45.9 Å². The minimum Gasteiger partial charge on any atom is -0.335 e. The van der Waals surface area contributed by atoms with E-state index in [1.807, 2.05) is 11.8 Å². The van der Waals surface area contributed by atoms with Crippen LogP contribution in [0.5, 0.6) is 0 Å². The first-order chi connectivity index (χ1) is 12.5. The second-order valence-electron chi connectivity index (χ2n) is 6.83. The smallest absolute Gasteiger partial charge is 0.267 e. The van der Waals surface area contributed by atoms with Crippen molar-refractivity contribution in [2.24, 2.45) is 0 Å². The summed E-state index contributed by atoms with van der Waals surface area (Å²) in [4.78, 5) is 22.2. The lowest BCUT2D eigenvalue weighted by molar-refractivity contribution is 0.0630. The first-order valence-corrected chi connectivity index (χ1v) is 9.55. The van der Waals surface area contributed by atoms with Gasteiger partial charge in [0.2, 0.25) is 0 Å². The molecule has 0 unspecified atom stereocenters. The van der Waals surface area contributed by atoms with Crippen LogP contribution in [0.25, 0.3) is 5.65 Å².